The summed E-state index contributed by atoms with van der Waals surface area (Å²) in [7, 11) is 0. The normalized spacial score (nSPS) is 24.8. The van der Waals surface area contributed by atoms with Crippen LogP contribution in [0.25, 0.3) is 0 Å². The number of rotatable bonds is 4. The molecule has 6 nitrogen and oxygen atoms in total. The van der Waals surface area contributed by atoms with E-state index in [1.54, 1.807) is 4.80 Å². The van der Waals surface area contributed by atoms with Crippen molar-refractivity contribution < 1.29 is 0 Å². The SMILES string of the molecule is CCn1nnc(N2CC3CC(CN(Cc4ccccc4)C3)C2)n1. The fraction of sp³-hybridized carbons (Fsp3) is 0.588. The molecule has 0 saturated carbocycles. The molecule has 0 amide bonds. The Morgan fingerprint density at radius 3 is 2.43 bits per heavy atom. The van der Waals surface area contributed by atoms with Gasteiger partial charge in [0.05, 0.1) is 6.54 Å². The van der Waals surface area contributed by atoms with Crippen LogP contribution in [0.2, 0.25) is 0 Å². The second-order valence-corrected chi connectivity index (χ2v) is 6.83. The van der Waals surface area contributed by atoms with E-state index in [0.29, 0.717) is 11.8 Å². The van der Waals surface area contributed by atoms with Crippen LogP contribution >= 0.6 is 0 Å². The zero-order valence-corrected chi connectivity index (χ0v) is 13.7. The number of tetrazole rings is 1. The number of aromatic nitrogens is 4. The van der Waals surface area contributed by atoms with Gasteiger partial charge in [-0.05, 0) is 36.0 Å². The van der Waals surface area contributed by atoms with Crippen LogP contribution in [-0.4, -0.2) is 51.3 Å². The maximum atomic E-state index is 4.47. The van der Waals surface area contributed by atoms with Crippen molar-refractivity contribution in [2.75, 3.05) is 31.1 Å². The molecular formula is C17H24N6. The summed E-state index contributed by atoms with van der Waals surface area (Å²) >= 11 is 0. The van der Waals surface area contributed by atoms with Crippen molar-refractivity contribution in [1.29, 1.82) is 0 Å². The van der Waals surface area contributed by atoms with E-state index in [1.807, 2.05) is 6.92 Å². The number of aryl methyl sites for hydroxylation is 1. The molecule has 23 heavy (non-hydrogen) atoms. The van der Waals surface area contributed by atoms with Crippen molar-refractivity contribution >= 4 is 5.95 Å². The number of hydrogen-bond acceptors (Lipinski definition) is 5. The number of anilines is 1. The van der Waals surface area contributed by atoms with Crippen LogP contribution in [0.5, 0.6) is 0 Å². The molecule has 2 saturated heterocycles. The van der Waals surface area contributed by atoms with E-state index in [1.165, 1.54) is 25.1 Å². The molecule has 2 fully saturated rings. The van der Waals surface area contributed by atoms with Crippen molar-refractivity contribution in [3.63, 3.8) is 0 Å². The van der Waals surface area contributed by atoms with E-state index in [0.717, 1.165) is 32.1 Å². The Labute approximate surface area is 137 Å². The van der Waals surface area contributed by atoms with Gasteiger partial charge in [0.25, 0.3) is 5.95 Å². The molecule has 2 unspecified atom stereocenters. The van der Waals surface area contributed by atoms with Crippen molar-refractivity contribution in [2.24, 2.45) is 11.8 Å². The lowest BCUT2D eigenvalue weighted by Gasteiger charge is -2.45. The molecule has 0 spiro atoms. The van der Waals surface area contributed by atoms with E-state index in [4.69, 9.17) is 0 Å². The van der Waals surface area contributed by atoms with Crippen LogP contribution in [0.3, 0.4) is 0 Å². The van der Waals surface area contributed by atoms with Crippen molar-refractivity contribution in [2.45, 2.75) is 26.4 Å². The molecule has 0 radical (unpaired) electrons. The summed E-state index contributed by atoms with van der Waals surface area (Å²) in [5.74, 6) is 2.22. The number of benzene rings is 1. The van der Waals surface area contributed by atoms with Crippen LogP contribution in [0.1, 0.15) is 18.9 Å². The Bertz CT molecular complexity index is 626. The van der Waals surface area contributed by atoms with Gasteiger partial charge in [-0.1, -0.05) is 35.4 Å². The lowest BCUT2D eigenvalue weighted by molar-refractivity contribution is 0.102. The molecule has 4 rings (SSSR count). The average Bonchev–Trinajstić information content (AvgIpc) is 3.04. The Morgan fingerprint density at radius 1 is 1.04 bits per heavy atom. The quantitative estimate of drug-likeness (QED) is 0.859. The molecule has 0 aliphatic carbocycles. The highest BCUT2D eigenvalue weighted by Crippen LogP contribution is 2.30. The van der Waals surface area contributed by atoms with E-state index in [2.05, 4.69) is 55.5 Å². The van der Waals surface area contributed by atoms with Gasteiger partial charge >= 0.3 is 0 Å². The predicted octanol–water partition coefficient (Wildman–Crippen LogP) is 1.65. The minimum absolute atomic E-state index is 0.708. The number of nitrogens with zero attached hydrogens (tertiary/aromatic N) is 6. The monoisotopic (exact) mass is 312 g/mol. The van der Waals surface area contributed by atoms with Gasteiger partial charge in [0, 0.05) is 32.7 Å². The third-order valence-electron chi connectivity index (χ3n) is 4.91. The van der Waals surface area contributed by atoms with E-state index < -0.39 is 0 Å². The Kier molecular flexibility index (Phi) is 3.99. The highest BCUT2D eigenvalue weighted by molar-refractivity contribution is 5.28. The van der Waals surface area contributed by atoms with Gasteiger partial charge in [0.2, 0.25) is 0 Å². The summed E-state index contributed by atoms with van der Waals surface area (Å²) in [4.78, 5) is 6.61. The van der Waals surface area contributed by atoms with Crippen molar-refractivity contribution in [1.82, 2.24) is 25.1 Å². The fourth-order valence-electron chi connectivity index (χ4n) is 4.02. The first-order valence-electron chi connectivity index (χ1n) is 8.59. The molecule has 0 N–H and O–H groups in total. The van der Waals surface area contributed by atoms with Crippen LogP contribution in [0.15, 0.2) is 30.3 Å². The van der Waals surface area contributed by atoms with Gasteiger partial charge in [-0.25, -0.2) is 0 Å². The Morgan fingerprint density at radius 2 is 1.78 bits per heavy atom. The summed E-state index contributed by atoms with van der Waals surface area (Å²) in [5, 5.41) is 12.8. The van der Waals surface area contributed by atoms with Crippen molar-refractivity contribution in [3.05, 3.63) is 35.9 Å². The lowest BCUT2D eigenvalue weighted by Crippen LogP contribution is -2.52. The summed E-state index contributed by atoms with van der Waals surface area (Å²) in [6.45, 7) is 8.33. The summed E-state index contributed by atoms with van der Waals surface area (Å²) in [6, 6.07) is 10.8. The number of piperidine rings is 2. The summed E-state index contributed by atoms with van der Waals surface area (Å²) in [6.07, 6.45) is 1.34. The molecule has 2 bridgehead atoms. The van der Waals surface area contributed by atoms with Gasteiger partial charge in [-0.3, -0.25) is 4.90 Å². The molecular weight excluding hydrogens is 288 g/mol. The third kappa shape index (κ3) is 3.22. The molecule has 1 aromatic heterocycles. The average molecular weight is 312 g/mol. The molecule has 2 aliphatic heterocycles. The van der Waals surface area contributed by atoms with E-state index >= 15 is 0 Å². The summed E-state index contributed by atoms with van der Waals surface area (Å²) in [5.41, 5.74) is 1.41. The maximum absolute atomic E-state index is 4.47. The minimum Gasteiger partial charge on any atom is -0.338 e. The zero-order valence-electron chi connectivity index (χ0n) is 13.7. The first-order chi connectivity index (χ1) is 11.3. The number of likely N-dealkylation sites (tertiary alicyclic amines) is 1. The molecule has 6 heteroatoms. The number of hydrogen-bond donors (Lipinski definition) is 0. The fourth-order valence-corrected chi connectivity index (χ4v) is 4.02. The second kappa shape index (κ2) is 6.28. The first-order valence-corrected chi connectivity index (χ1v) is 8.59. The molecule has 2 aromatic rings. The standard InChI is InChI=1S/C17H24N6/c1-2-23-19-17(18-20-23)22-12-15-8-16(13-22)11-21(10-15)9-14-6-4-3-5-7-14/h3-7,15-16H,2,8-13H2,1H3. The maximum Gasteiger partial charge on any atom is 0.266 e. The minimum atomic E-state index is 0.708. The largest absolute Gasteiger partial charge is 0.338 e. The molecule has 3 heterocycles. The molecule has 2 atom stereocenters. The second-order valence-electron chi connectivity index (χ2n) is 6.83. The highest BCUT2D eigenvalue weighted by Gasteiger charge is 2.35. The van der Waals surface area contributed by atoms with Crippen LogP contribution in [-0.2, 0) is 13.1 Å². The molecule has 1 aromatic carbocycles. The van der Waals surface area contributed by atoms with E-state index in [-0.39, 0.29) is 0 Å². The van der Waals surface area contributed by atoms with Gasteiger partial charge < -0.3 is 4.90 Å². The van der Waals surface area contributed by atoms with Crippen LogP contribution in [0, 0.1) is 11.8 Å². The topological polar surface area (TPSA) is 50.1 Å². The van der Waals surface area contributed by atoms with Crippen LogP contribution < -0.4 is 4.90 Å². The van der Waals surface area contributed by atoms with Crippen molar-refractivity contribution in [3.8, 4) is 0 Å². The molecule has 122 valence electrons. The highest BCUT2D eigenvalue weighted by atomic mass is 15.6. The third-order valence-corrected chi connectivity index (χ3v) is 4.91. The van der Waals surface area contributed by atoms with E-state index in [9.17, 15) is 0 Å². The van der Waals surface area contributed by atoms with Gasteiger partial charge in [-0.15, -0.1) is 5.10 Å². The number of fused-ring (bicyclic) bond motifs is 2. The lowest BCUT2D eigenvalue weighted by atomic mass is 9.84. The van der Waals surface area contributed by atoms with Gasteiger partial charge in [-0.2, -0.15) is 4.80 Å². The van der Waals surface area contributed by atoms with Gasteiger partial charge in [0.15, 0.2) is 0 Å². The Hall–Kier alpha value is -1.95. The Balaban J connectivity index is 1.40. The smallest absolute Gasteiger partial charge is 0.266 e. The first kappa shape index (κ1) is 14.6. The van der Waals surface area contributed by atoms with Crippen LogP contribution in [0.4, 0.5) is 5.95 Å². The predicted molar refractivity (Wildman–Crippen MR) is 89.0 cm³/mol. The summed E-state index contributed by atoms with van der Waals surface area (Å²) < 4.78 is 0. The molecule has 2 aliphatic rings. The van der Waals surface area contributed by atoms with Gasteiger partial charge in [0.1, 0.15) is 0 Å². The zero-order chi connectivity index (χ0) is 15.6.